The first-order valence-corrected chi connectivity index (χ1v) is 18.9. The summed E-state index contributed by atoms with van der Waals surface area (Å²) in [4.78, 5) is 55.5. The number of thiocarbonyl (C=S) groups is 1. The van der Waals surface area contributed by atoms with E-state index in [9.17, 15) is 19.2 Å². The van der Waals surface area contributed by atoms with E-state index in [1.807, 2.05) is 120 Å². The first-order chi connectivity index (χ1) is 25.2. The summed E-state index contributed by atoms with van der Waals surface area (Å²) in [5.74, 6) is -1.37. The lowest BCUT2D eigenvalue weighted by atomic mass is 9.93. The molecule has 0 radical (unpaired) electrons. The maximum absolute atomic E-state index is 14.1. The van der Waals surface area contributed by atoms with E-state index >= 15 is 0 Å². The minimum atomic E-state index is -1.01. The summed E-state index contributed by atoms with van der Waals surface area (Å²) < 4.78 is 5.42. The van der Waals surface area contributed by atoms with Crippen LogP contribution in [-0.2, 0) is 36.8 Å². The van der Waals surface area contributed by atoms with Gasteiger partial charge >= 0.3 is 0 Å². The zero-order chi connectivity index (χ0) is 38.5. The van der Waals surface area contributed by atoms with Gasteiger partial charge in [0.15, 0.2) is 10.9 Å². The van der Waals surface area contributed by atoms with E-state index in [1.54, 1.807) is 6.92 Å². The largest absolute Gasteiger partial charge is 0.361 e. The van der Waals surface area contributed by atoms with Gasteiger partial charge in [0.05, 0.1) is 12.6 Å². The number of epoxide rings is 1. The fraction of sp³-hybridized carbons (Fsp3) is 0.452. The van der Waals surface area contributed by atoms with Crippen LogP contribution in [0.2, 0.25) is 0 Å². The third-order valence-corrected chi connectivity index (χ3v) is 9.41. The van der Waals surface area contributed by atoms with Crippen molar-refractivity contribution in [2.24, 2.45) is 11.8 Å². The van der Waals surface area contributed by atoms with Gasteiger partial charge in [-0.15, -0.1) is 0 Å². The number of hydrogen-bond acceptors (Lipinski definition) is 6. The fourth-order valence-corrected chi connectivity index (χ4v) is 6.35. The number of ketones is 1. The summed E-state index contributed by atoms with van der Waals surface area (Å²) in [5.41, 5.74) is 2.87. The summed E-state index contributed by atoms with van der Waals surface area (Å²) in [6, 6.07) is 23.5. The van der Waals surface area contributed by atoms with Gasteiger partial charge in [-0.25, -0.2) is 0 Å². The molecule has 0 saturated carbocycles. The van der Waals surface area contributed by atoms with E-state index in [4.69, 9.17) is 17.0 Å². The predicted octanol–water partition coefficient (Wildman–Crippen LogP) is 5.43. The molecule has 3 unspecified atom stereocenters. The molecule has 0 spiro atoms. The van der Waals surface area contributed by atoms with Crippen LogP contribution in [0.3, 0.4) is 0 Å². The molecule has 1 aliphatic rings. The van der Waals surface area contributed by atoms with Crippen LogP contribution in [-0.4, -0.2) is 65.0 Å². The lowest BCUT2D eigenvalue weighted by Crippen LogP contribution is -2.59. The van der Waals surface area contributed by atoms with Crippen LogP contribution in [0.1, 0.15) is 70.6 Å². The lowest BCUT2D eigenvalue weighted by molar-refractivity contribution is -0.134. The minimum absolute atomic E-state index is 0.0415. The molecule has 0 aromatic heterocycles. The fourth-order valence-electron chi connectivity index (χ4n) is 6.09. The van der Waals surface area contributed by atoms with Gasteiger partial charge in [0.2, 0.25) is 17.7 Å². The summed E-state index contributed by atoms with van der Waals surface area (Å²) in [5, 5.41) is 15.5. The van der Waals surface area contributed by atoms with Gasteiger partial charge in [-0.05, 0) is 86.8 Å². The SMILES string of the molecule is Cc1ccc(NC(=S)N[C@@H](CCc2ccccc2)C(=O)NC(CC(C)C)C(=O)N[C@@H](Cc2ccccc2)C(=O)NC(CC(C)C)C(=O)C2(C)CO2)cc1. The van der Waals surface area contributed by atoms with E-state index in [2.05, 4.69) is 26.6 Å². The van der Waals surface area contributed by atoms with Crippen LogP contribution in [0, 0.1) is 18.8 Å². The summed E-state index contributed by atoms with van der Waals surface area (Å²) >= 11 is 5.63. The molecule has 10 nitrogen and oxygen atoms in total. The Bertz CT molecular complexity index is 1680. The van der Waals surface area contributed by atoms with Crippen LogP contribution in [0.4, 0.5) is 5.69 Å². The molecule has 1 aliphatic heterocycles. The molecule has 284 valence electrons. The van der Waals surface area contributed by atoms with Crippen molar-refractivity contribution in [3.63, 3.8) is 0 Å². The Balaban J connectivity index is 1.53. The Morgan fingerprint density at radius 1 is 0.679 bits per heavy atom. The molecule has 1 saturated heterocycles. The zero-order valence-electron chi connectivity index (χ0n) is 31.7. The van der Waals surface area contributed by atoms with E-state index in [0.29, 0.717) is 32.3 Å². The molecular weight excluding hydrogens is 687 g/mol. The van der Waals surface area contributed by atoms with Crippen LogP contribution in [0.25, 0.3) is 0 Å². The van der Waals surface area contributed by atoms with Crippen molar-refractivity contribution >= 4 is 46.5 Å². The van der Waals surface area contributed by atoms with Crippen molar-refractivity contribution in [2.75, 3.05) is 11.9 Å². The number of rotatable bonds is 19. The van der Waals surface area contributed by atoms with Crippen molar-refractivity contribution in [2.45, 2.75) is 103 Å². The Morgan fingerprint density at radius 3 is 1.74 bits per heavy atom. The topological polar surface area (TPSA) is 141 Å². The zero-order valence-corrected chi connectivity index (χ0v) is 32.6. The van der Waals surface area contributed by atoms with Crippen molar-refractivity contribution in [3.05, 3.63) is 102 Å². The molecule has 53 heavy (non-hydrogen) atoms. The number of carbonyl (C=O) groups is 4. The third-order valence-electron chi connectivity index (χ3n) is 9.19. The minimum Gasteiger partial charge on any atom is -0.361 e. The number of nitrogens with one attached hydrogen (secondary N) is 5. The molecule has 1 fully saturated rings. The average Bonchev–Trinajstić information content (AvgIpc) is 3.88. The molecule has 3 amide bonds. The summed E-state index contributed by atoms with van der Waals surface area (Å²) in [7, 11) is 0. The molecule has 1 heterocycles. The van der Waals surface area contributed by atoms with Gasteiger partial charge in [0.25, 0.3) is 0 Å². The Morgan fingerprint density at radius 2 is 1.17 bits per heavy atom. The number of Topliss-reactive ketones (excluding diaryl/α,β-unsaturated/α-hetero) is 1. The number of benzene rings is 3. The van der Waals surface area contributed by atoms with Crippen LogP contribution < -0.4 is 26.6 Å². The highest BCUT2D eigenvalue weighted by Crippen LogP contribution is 2.29. The number of ether oxygens (including phenoxy) is 1. The highest BCUT2D eigenvalue weighted by atomic mass is 32.1. The molecule has 11 heteroatoms. The second kappa shape index (κ2) is 19.5. The Kier molecular flexibility index (Phi) is 15.1. The predicted molar refractivity (Wildman–Crippen MR) is 213 cm³/mol. The normalized spacial score (nSPS) is 17.2. The second-order valence-corrected chi connectivity index (χ2v) is 15.5. The average molecular weight is 742 g/mol. The molecule has 5 atom stereocenters. The smallest absolute Gasteiger partial charge is 0.243 e. The lowest BCUT2D eigenvalue weighted by Gasteiger charge is -2.28. The van der Waals surface area contributed by atoms with Gasteiger partial charge in [-0.1, -0.05) is 106 Å². The number of aryl methyl sites for hydroxylation is 2. The van der Waals surface area contributed by atoms with Crippen molar-refractivity contribution in [1.29, 1.82) is 0 Å². The quantitative estimate of drug-likeness (QED) is 0.0810. The van der Waals surface area contributed by atoms with Gasteiger partial charge < -0.3 is 31.3 Å². The number of carbonyl (C=O) groups excluding carboxylic acids is 4. The standard InChI is InChI=1S/C42H55N5O5S/c1-27(2)23-34(37(48)42(6)26-52-42)44-40(51)36(25-31-15-11-8-12-16-31)46-39(50)35(24-28(3)4)45-38(49)33(22-19-30-13-9-7-10-14-30)47-41(53)43-32-20-17-29(5)18-21-32/h7-18,20-21,27-28,33-36H,19,22-26H2,1-6H3,(H,44,51)(H,45,49)(H,46,50)(H2,43,47,53)/t33-,34?,35?,36-,42?/m0/s1. The monoisotopic (exact) mass is 741 g/mol. The van der Waals surface area contributed by atoms with Crippen molar-refractivity contribution in [3.8, 4) is 0 Å². The van der Waals surface area contributed by atoms with Crippen LogP contribution >= 0.6 is 12.2 Å². The van der Waals surface area contributed by atoms with Gasteiger partial charge in [-0.3, -0.25) is 19.2 Å². The van der Waals surface area contributed by atoms with E-state index in [1.165, 1.54) is 0 Å². The van der Waals surface area contributed by atoms with Gasteiger partial charge in [0, 0.05) is 12.1 Å². The second-order valence-electron chi connectivity index (χ2n) is 15.1. The Labute approximate surface area is 319 Å². The first kappa shape index (κ1) is 41.2. The van der Waals surface area contributed by atoms with E-state index in [0.717, 1.165) is 22.4 Å². The van der Waals surface area contributed by atoms with Crippen LogP contribution in [0.5, 0.6) is 0 Å². The number of hydrogen-bond donors (Lipinski definition) is 5. The van der Waals surface area contributed by atoms with Crippen molar-refractivity contribution in [1.82, 2.24) is 21.3 Å². The Hall–Kier alpha value is -4.61. The van der Waals surface area contributed by atoms with Gasteiger partial charge in [0.1, 0.15) is 23.7 Å². The molecule has 3 aromatic carbocycles. The van der Waals surface area contributed by atoms with Crippen molar-refractivity contribution < 1.29 is 23.9 Å². The van der Waals surface area contributed by atoms with Crippen LogP contribution in [0.15, 0.2) is 84.9 Å². The highest BCUT2D eigenvalue weighted by Gasteiger charge is 2.50. The maximum Gasteiger partial charge on any atom is 0.243 e. The number of amides is 3. The molecule has 4 rings (SSSR count). The third kappa shape index (κ3) is 13.4. The number of anilines is 1. The molecule has 0 aliphatic carbocycles. The molecular formula is C42H55N5O5S. The van der Waals surface area contributed by atoms with E-state index in [-0.39, 0.29) is 35.1 Å². The highest BCUT2D eigenvalue weighted by molar-refractivity contribution is 7.80. The van der Waals surface area contributed by atoms with Gasteiger partial charge in [-0.2, -0.15) is 0 Å². The first-order valence-electron chi connectivity index (χ1n) is 18.5. The summed E-state index contributed by atoms with van der Waals surface area (Å²) in [6.45, 7) is 11.9. The molecule has 5 N–H and O–H groups in total. The maximum atomic E-state index is 14.1. The summed E-state index contributed by atoms with van der Waals surface area (Å²) in [6.07, 6.45) is 1.96. The molecule has 0 bridgehead atoms. The van der Waals surface area contributed by atoms with E-state index < -0.39 is 41.6 Å². The molecule has 3 aromatic rings.